The Morgan fingerprint density at radius 3 is 2.43 bits per heavy atom. The molecule has 0 saturated carbocycles. The van der Waals surface area contributed by atoms with Crippen molar-refractivity contribution < 1.29 is 9.59 Å². The first-order chi connectivity index (χ1) is 16.9. The molecule has 3 aromatic carbocycles. The summed E-state index contributed by atoms with van der Waals surface area (Å²) in [6.45, 7) is 3.79. The molecular formula is C28H23N3O2S2. The van der Waals surface area contributed by atoms with Crippen molar-refractivity contribution in [3.05, 3.63) is 101 Å². The first-order valence-electron chi connectivity index (χ1n) is 11.0. The molecule has 0 saturated heterocycles. The van der Waals surface area contributed by atoms with E-state index >= 15 is 0 Å². The van der Waals surface area contributed by atoms with Gasteiger partial charge in [0.15, 0.2) is 0 Å². The summed E-state index contributed by atoms with van der Waals surface area (Å²) in [5.41, 5.74) is 4.55. The summed E-state index contributed by atoms with van der Waals surface area (Å²) in [5, 5.41) is 17.5. The zero-order valence-electron chi connectivity index (χ0n) is 19.2. The van der Waals surface area contributed by atoms with Gasteiger partial charge in [-0.25, -0.2) is 0 Å². The third-order valence-electron chi connectivity index (χ3n) is 5.31. The summed E-state index contributed by atoms with van der Waals surface area (Å²) >= 11 is 2.73. The topological polar surface area (TPSA) is 82.0 Å². The fourth-order valence-electron chi connectivity index (χ4n) is 3.42. The molecule has 2 N–H and O–H groups in total. The Kier molecular flexibility index (Phi) is 7.66. The Balaban J connectivity index is 1.41. The average molecular weight is 498 g/mol. The quantitative estimate of drug-likeness (QED) is 0.270. The van der Waals surface area contributed by atoms with Crippen LogP contribution in [0.25, 0.3) is 11.1 Å². The molecule has 0 aliphatic heterocycles. The zero-order chi connectivity index (χ0) is 24.8. The van der Waals surface area contributed by atoms with Gasteiger partial charge in [-0.15, -0.1) is 23.1 Å². The summed E-state index contributed by atoms with van der Waals surface area (Å²) in [7, 11) is 0. The van der Waals surface area contributed by atoms with Crippen LogP contribution in [-0.4, -0.2) is 17.1 Å². The van der Waals surface area contributed by atoms with Crippen molar-refractivity contribution in [1.29, 1.82) is 5.26 Å². The molecule has 0 spiro atoms. The second-order valence-corrected chi connectivity index (χ2v) is 10.2. The maximum absolute atomic E-state index is 12.9. The summed E-state index contributed by atoms with van der Waals surface area (Å²) in [5.74, 6) is -0.379. The molecule has 2 amide bonds. The Bertz CT molecular complexity index is 1390. The molecule has 0 bridgehead atoms. The standard InChI is InChI=1S/C28H23N3O2S2/c1-18-11-13-21(14-12-18)27(33)30-22-9-6-10-23(15-22)35-19(2)26(32)31-28-24(16-29)25(17-34-28)20-7-4-3-5-8-20/h3-15,17,19H,1-2H3,(H,30,33)(H,31,32). The van der Waals surface area contributed by atoms with Gasteiger partial charge in [0.2, 0.25) is 5.91 Å². The number of thiophene rings is 1. The van der Waals surface area contributed by atoms with Crippen molar-refractivity contribution in [2.24, 2.45) is 0 Å². The molecule has 1 atom stereocenters. The minimum Gasteiger partial charge on any atom is -0.322 e. The number of nitrogens with one attached hydrogen (secondary N) is 2. The number of benzene rings is 3. The summed E-state index contributed by atoms with van der Waals surface area (Å²) in [6.07, 6.45) is 0. The Morgan fingerprint density at radius 1 is 0.971 bits per heavy atom. The monoisotopic (exact) mass is 497 g/mol. The van der Waals surface area contributed by atoms with E-state index in [-0.39, 0.29) is 11.8 Å². The highest BCUT2D eigenvalue weighted by Crippen LogP contribution is 2.35. The molecule has 1 aromatic heterocycles. The van der Waals surface area contributed by atoms with Crippen LogP contribution in [0.4, 0.5) is 10.7 Å². The molecule has 7 heteroatoms. The van der Waals surface area contributed by atoms with Crippen molar-refractivity contribution in [3.63, 3.8) is 0 Å². The lowest BCUT2D eigenvalue weighted by atomic mass is 10.1. The van der Waals surface area contributed by atoms with Gasteiger partial charge >= 0.3 is 0 Å². The average Bonchev–Trinajstić information content (AvgIpc) is 3.27. The van der Waals surface area contributed by atoms with Crippen LogP contribution in [0.3, 0.4) is 0 Å². The van der Waals surface area contributed by atoms with E-state index in [4.69, 9.17) is 0 Å². The summed E-state index contributed by atoms with van der Waals surface area (Å²) in [6, 6.07) is 26.7. The van der Waals surface area contributed by atoms with Crippen LogP contribution < -0.4 is 10.6 Å². The number of nitrogens with zero attached hydrogens (tertiary/aromatic N) is 1. The van der Waals surface area contributed by atoms with Crippen molar-refractivity contribution in [1.82, 2.24) is 0 Å². The Hall–Kier alpha value is -3.86. The van der Waals surface area contributed by atoms with Gasteiger partial charge in [-0.05, 0) is 49.7 Å². The van der Waals surface area contributed by atoms with Crippen LogP contribution in [0, 0.1) is 18.3 Å². The smallest absolute Gasteiger partial charge is 0.255 e. The van der Waals surface area contributed by atoms with Gasteiger partial charge < -0.3 is 10.6 Å². The minimum atomic E-state index is -0.410. The first kappa shape index (κ1) is 24.3. The van der Waals surface area contributed by atoms with Gasteiger partial charge in [-0.3, -0.25) is 9.59 Å². The van der Waals surface area contributed by atoms with Crippen molar-refractivity contribution in [3.8, 4) is 17.2 Å². The lowest BCUT2D eigenvalue weighted by molar-refractivity contribution is -0.115. The van der Waals surface area contributed by atoms with Gasteiger partial charge in [-0.2, -0.15) is 5.26 Å². The molecule has 5 nitrogen and oxygen atoms in total. The van der Waals surface area contributed by atoms with Gasteiger partial charge in [0, 0.05) is 27.1 Å². The molecule has 1 unspecified atom stereocenters. The second-order valence-electron chi connectivity index (χ2n) is 7.93. The molecule has 174 valence electrons. The third kappa shape index (κ3) is 5.99. The number of thioether (sulfide) groups is 1. The van der Waals surface area contributed by atoms with Gasteiger partial charge in [0.1, 0.15) is 11.1 Å². The van der Waals surface area contributed by atoms with Crippen LogP contribution in [0.2, 0.25) is 0 Å². The van der Waals surface area contributed by atoms with Crippen LogP contribution in [0.1, 0.15) is 28.4 Å². The molecule has 0 aliphatic carbocycles. The molecule has 0 radical (unpaired) electrons. The van der Waals surface area contributed by atoms with Crippen molar-refractivity contribution >= 4 is 45.6 Å². The van der Waals surface area contributed by atoms with Crippen LogP contribution in [-0.2, 0) is 4.79 Å². The Labute approximate surface area is 212 Å². The van der Waals surface area contributed by atoms with Gasteiger partial charge in [0.05, 0.1) is 10.8 Å². The second kappa shape index (κ2) is 11.0. The molecular weight excluding hydrogens is 474 g/mol. The normalized spacial score (nSPS) is 11.3. The summed E-state index contributed by atoms with van der Waals surface area (Å²) < 4.78 is 0. The SMILES string of the molecule is Cc1ccc(C(=O)Nc2cccc(SC(C)C(=O)Nc3scc(-c4ccccc4)c3C#N)c2)cc1. The fraction of sp³-hybridized carbons (Fsp3) is 0.107. The molecule has 4 aromatic rings. The number of hydrogen-bond acceptors (Lipinski definition) is 5. The largest absolute Gasteiger partial charge is 0.322 e. The molecule has 0 aliphatic rings. The third-order valence-corrected chi connectivity index (χ3v) is 7.30. The van der Waals surface area contributed by atoms with E-state index in [1.807, 2.05) is 86.0 Å². The maximum atomic E-state index is 12.9. The highest BCUT2D eigenvalue weighted by Gasteiger charge is 2.20. The fourth-order valence-corrected chi connectivity index (χ4v) is 5.27. The number of carbonyl (C=O) groups is 2. The van der Waals surface area contributed by atoms with E-state index in [1.165, 1.54) is 23.1 Å². The summed E-state index contributed by atoms with van der Waals surface area (Å²) in [4.78, 5) is 26.3. The number of rotatable bonds is 7. The Morgan fingerprint density at radius 2 is 1.71 bits per heavy atom. The van der Waals surface area contributed by atoms with E-state index in [0.717, 1.165) is 21.6 Å². The maximum Gasteiger partial charge on any atom is 0.255 e. The van der Waals surface area contributed by atoms with E-state index in [0.29, 0.717) is 21.8 Å². The number of amides is 2. The number of anilines is 2. The first-order valence-corrected chi connectivity index (χ1v) is 12.7. The van der Waals surface area contributed by atoms with Gasteiger partial charge in [0.25, 0.3) is 5.91 Å². The van der Waals surface area contributed by atoms with Crippen LogP contribution in [0.15, 0.2) is 89.1 Å². The van der Waals surface area contributed by atoms with E-state index < -0.39 is 5.25 Å². The lowest BCUT2D eigenvalue weighted by Crippen LogP contribution is -2.22. The number of nitriles is 1. The highest BCUT2D eigenvalue weighted by atomic mass is 32.2. The number of hydrogen-bond donors (Lipinski definition) is 2. The lowest BCUT2D eigenvalue weighted by Gasteiger charge is -2.13. The van der Waals surface area contributed by atoms with E-state index in [2.05, 4.69) is 16.7 Å². The van der Waals surface area contributed by atoms with Crippen LogP contribution >= 0.6 is 23.1 Å². The molecule has 4 rings (SSSR count). The van der Waals surface area contributed by atoms with Crippen LogP contribution in [0.5, 0.6) is 0 Å². The highest BCUT2D eigenvalue weighted by molar-refractivity contribution is 8.00. The van der Waals surface area contributed by atoms with E-state index in [1.54, 1.807) is 12.1 Å². The number of carbonyl (C=O) groups excluding carboxylic acids is 2. The zero-order valence-corrected chi connectivity index (χ0v) is 20.9. The van der Waals surface area contributed by atoms with E-state index in [9.17, 15) is 14.9 Å². The molecule has 1 heterocycles. The predicted molar refractivity (Wildman–Crippen MR) is 144 cm³/mol. The molecule has 35 heavy (non-hydrogen) atoms. The molecule has 0 fully saturated rings. The van der Waals surface area contributed by atoms with Crippen molar-refractivity contribution in [2.75, 3.05) is 10.6 Å². The van der Waals surface area contributed by atoms with Crippen molar-refractivity contribution in [2.45, 2.75) is 24.0 Å². The number of aryl methyl sites for hydroxylation is 1. The minimum absolute atomic E-state index is 0.186. The van der Waals surface area contributed by atoms with Gasteiger partial charge in [-0.1, -0.05) is 54.1 Å². The predicted octanol–water partition coefficient (Wildman–Crippen LogP) is 6.97.